The number of fused-ring (bicyclic) bond motifs is 12. The zero-order valence-corrected chi connectivity index (χ0v) is 41.5. The minimum absolute atomic E-state index is 0.0465. The first-order valence-corrected chi connectivity index (χ1v) is 25.1. The third-order valence-electron chi connectivity index (χ3n) is 16.8. The van der Waals surface area contributed by atoms with E-state index in [0.29, 0.717) is 0 Å². The van der Waals surface area contributed by atoms with Crippen molar-refractivity contribution < 1.29 is 0 Å². The molecule has 0 saturated carbocycles. The van der Waals surface area contributed by atoms with Gasteiger partial charge in [0.15, 0.2) is 0 Å². The summed E-state index contributed by atoms with van der Waals surface area (Å²) in [5.41, 5.74) is 19.8. The smallest absolute Gasteiger partial charge is 0.343 e. The van der Waals surface area contributed by atoms with Gasteiger partial charge in [-0.1, -0.05) is 155 Å². The predicted octanol–water partition coefficient (Wildman–Crippen LogP) is 16.2. The highest BCUT2D eigenvalue weighted by Crippen LogP contribution is 2.57. The van der Waals surface area contributed by atoms with E-state index < -0.39 is 0 Å². The summed E-state index contributed by atoms with van der Waals surface area (Å²) in [6, 6.07) is 45.8. The largest absolute Gasteiger partial charge is 0.375 e. The van der Waals surface area contributed by atoms with Crippen molar-refractivity contribution in [3.05, 3.63) is 149 Å². The first kappa shape index (κ1) is 41.1. The average molecular weight is 867 g/mol. The number of nitrogens with zero attached hydrogens (tertiary/aromatic N) is 2. The molecule has 0 amide bonds. The number of hydrogen-bond donors (Lipinski definition) is 0. The minimum Gasteiger partial charge on any atom is -0.375 e. The van der Waals surface area contributed by atoms with Gasteiger partial charge in [0.25, 0.3) is 0 Å². The fourth-order valence-electron chi connectivity index (χ4n) is 12.6. The number of benzene rings is 7. The highest BCUT2D eigenvalue weighted by atomic mass is 32.1. The van der Waals surface area contributed by atoms with Crippen LogP contribution in [0, 0.1) is 6.92 Å². The van der Waals surface area contributed by atoms with Gasteiger partial charge in [0.05, 0.1) is 5.69 Å². The van der Waals surface area contributed by atoms with Crippen molar-refractivity contribution in [1.82, 2.24) is 0 Å². The molecule has 2 aliphatic carbocycles. The van der Waals surface area contributed by atoms with Crippen LogP contribution in [0.5, 0.6) is 0 Å². The molecule has 0 bridgehead atoms. The van der Waals surface area contributed by atoms with Crippen LogP contribution in [0.15, 0.2) is 115 Å². The Hall–Kier alpha value is -5.32. The van der Waals surface area contributed by atoms with Crippen LogP contribution in [-0.4, -0.2) is 6.85 Å². The van der Waals surface area contributed by atoms with Crippen molar-refractivity contribution in [1.29, 1.82) is 0 Å². The molecule has 12 rings (SSSR count). The van der Waals surface area contributed by atoms with E-state index in [4.69, 9.17) is 0 Å². The number of anilines is 5. The van der Waals surface area contributed by atoms with Crippen LogP contribution in [-0.2, 0) is 27.1 Å². The lowest BCUT2D eigenvalue weighted by Crippen LogP contribution is -2.60. The van der Waals surface area contributed by atoms with Gasteiger partial charge in [-0.05, 0) is 157 Å². The number of rotatable bonds is 2. The summed E-state index contributed by atoms with van der Waals surface area (Å²) >= 11 is 2.05. The fourth-order valence-corrected chi connectivity index (χ4v) is 13.9. The highest BCUT2D eigenvalue weighted by Gasteiger charge is 2.49. The summed E-state index contributed by atoms with van der Waals surface area (Å²) in [4.78, 5) is 5.53. The van der Waals surface area contributed by atoms with Crippen molar-refractivity contribution in [3.8, 4) is 11.1 Å². The van der Waals surface area contributed by atoms with E-state index in [1.165, 1.54) is 140 Å². The van der Waals surface area contributed by atoms with Crippen molar-refractivity contribution in [2.45, 2.75) is 136 Å². The molecule has 8 aromatic rings. The molecule has 0 unspecified atom stereocenters. The number of aryl methyl sites for hydroxylation is 1. The Bertz CT molecular complexity index is 3340. The fraction of sp³-hybridized carbons (Fsp3) is 0.344. The first-order chi connectivity index (χ1) is 30.7. The third-order valence-corrected chi connectivity index (χ3v) is 18.0. The van der Waals surface area contributed by atoms with Crippen molar-refractivity contribution >= 4 is 88.5 Å². The molecular formula is C61H63BN2S. The third kappa shape index (κ3) is 5.84. The summed E-state index contributed by atoms with van der Waals surface area (Å²) in [5, 5.41) is 6.56. The lowest BCUT2D eigenvalue weighted by Gasteiger charge is -2.47. The molecule has 3 heterocycles. The second-order valence-corrected chi connectivity index (χ2v) is 25.0. The van der Waals surface area contributed by atoms with Crippen molar-refractivity contribution in [2.24, 2.45) is 0 Å². The Balaban J connectivity index is 1.27. The van der Waals surface area contributed by atoms with Crippen molar-refractivity contribution in [2.75, 3.05) is 9.71 Å². The van der Waals surface area contributed by atoms with Crippen LogP contribution < -0.4 is 20.0 Å². The molecule has 4 heteroatoms. The van der Waals surface area contributed by atoms with Crippen LogP contribution >= 0.6 is 11.3 Å². The molecule has 2 aliphatic heterocycles. The molecular weight excluding hydrogens is 804 g/mol. The van der Waals surface area contributed by atoms with Crippen LogP contribution in [0.25, 0.3) is 42.8 Å². The van der Waals surface area contributed by atoms with E-state index in [2.05, 4.69) is 219 Å². The van der Waals surface area contributed by atoms with Gasteiger partial charge >= 0.3 is 6.85 Å². The van der Waals surface area contributed by atoms with Crippen molar-refractivity contribution in [3.63, 3.8) is 0 Å². The van der Waals surface area contributed by atoms with E-state index >= 15 is 0 Å². The Morgan fingerprint density at radius 3 is 1.75 bits per heavy atom. The summed E-state index contributed by atoms with van der Waals surface area (Å²) in [6.45, 7) is 29.1. The molecule has 0 atom stereocenters. The van der Waals surface area contributed by atoms with Gasteiger partial charge in [-0.3, -0.25) is 0 Å². The lowest BCUT2D eigenvalue weighted by atomic mass is 9.46. The van der Waals surface area contributed by atoms with Gasteiger partial charge in [0.1, 0.15) is 0 Å². The van der Waals surface area contributed by atoms with E-state index in [-0.39, 0.29) is 33.9 Å². The molecule has 326 valence electrons. The SMILES string of the molecule is Cc1cc2c(cc1N1c3cc4ccccc4c4c3B(c3sc5cc6c(cc5c31)C(C)(C)CCC6(C)C)N(c1ccc(C(C)(C)C)cc1)c1c-4ccc3ccccc13)C(C)(C)CCC2(C)C. The number of thiophene rings is 1. The molecule has 1 aromatic heterocycles. The average Bonchev–Trinajstić information content (AvgIpc) is 3.64. The Morgan fingerprint density at radius 1 is 0.538 bits per heavy atom. The van der Waals surface area contributed by atoms with Gasteiger partial charge in [0.2, 0.25) is 0 Å². The predicted molar refractivity (Wildman–Crippen MR) is 285 cm³/mol. The Morgan fingerprint density at radius 2 is 1.11 bits per heavy atom. The molecule has 0 N–H and O–H groups in total. The van der Waals surface area contributed by atoms with E-state index in [1.807, 2.05) is 0 Å². The lowest BCUT2D eigenvalue weighted by molar-refractivity contribution is 0.332. The van der Waals surface area contributed by atoms with Crippen LogP contribution in [0.2, 0.25) is 0 Å². The summed E-state index contributed by atoms with van der Waals surface area (Å²) < 4.78 is 2.82. The van der Waals surface area contributed by atoms with Crippen LogP contribution in [0.1, 0.15) is 135 Å². The van der Waals surface area contributed by atoms with E-state index in [9.17, 15) is 0 Å². The van der Waals surface area contributed by atoms with Gasteiger partial charge < -0.3 is 9.71 Å². The molecule has 0 saturated heterocycles. The first-order valence-electron chi connectivity index (χ1n) is 24.3. The van der Waals surface area contributed by atoms with E-state index in [1.54, 1.807) is 0 Å². The normalized spacial score (nSPS) is 18.6. The summed E-state index contributed by atoms with van der Waals surface area (Å²) in [6.07, 6.45) is 4.77. The second kappa shape index (κ2) is 13.4. The maximum atomic E-state index is 2.77. The number of hydrogen-bond acceptors (Lipinski definition) is 3. The second-order valence-electron chi connectivity index (χ2n) is 23.9. The van der Waals surface area contributed by atoms with Gasteiger partial charge in [-0.25, -0.2) is 0 Å². The molecule has 4 aliphatic rings. The monoisotopic (exact) mass is 866 g/mol. The summed E-state index contributed by atoms with van der Waals surface area (Å²) in [5.74, 6) is 0. The van der Waals surface area contributed by atoms with Crippen LogP contribution in [0.4, 0.5) is 28.4 Å². The van der Waals surface area contributed by atoms with Crippen LogP contribution in [0.3, 0.4) is 0 Å². The molecule has 2 nitrogen and oxygen atoms in total. The zero-order chi connectivity index (χ0) is 45.3. The molecule has 65 heavy (non-hydrogen) atoms. The molecule has 0 spiro atoms. The van der Waals surface area contributed by atoms with Gasteiger partial charge in [-0.2, -0.15) is 0 Å². The minimum atomic E-state index is -0.0570. The van der Waals surface area contributed by atoms with Gasteiger partial charge in [-0.15, -0.1) is 11.3 Å². The molecule has 0 radical (unpaired) electrons. The molecule has 0 fully saturated rings. The summed E-state index contributed by atoms with van der Waals surface area (Å²) in [7, 11) is 0. The quantitative estimate of drug-likeness (QED) is 0.160. The van der Waals surface area contributed by atoms with Gasteiger partial charge in [0, 0.05) is 48.6 Å². The standard InChI is InChI=1S/C61H63BN2S/c1-36-31-45-47(60(9,10)29-27-58(45,5)6)34-49(36)63-50-32-38-18-14-15-19-41(38)52-43-26-21-37-17-13-16-20-42(37)54(43)64(40-24-22-39(23-25-40)57(2,3)4)62(53(50)52)56-55(63)44-33-46-48(35-51(44)65-56)61(11,12)30-28-59(46,7)8/h13-26,31-35H,27-30H2,1-12H3. The highest BCUT2D eigenvalue weighted by molar-refractivity contribution is 7.32. The maximum absolute atomic E-state index is 2.77. The van der Waals surface area contributed by atoms with E-state index in [0.717, 1.165) is 0 Å². The molecule has 7 aromatic carbocycles. The maximum Gasteiger partial charge on any atom is 0.343 e. The topological polar surface area (TPSA) is 6.48 Å². The Labute approximate surface area is 391 Å². The zero-order valence-electron chi connectivity index (χ0n) is 40.7. The Kier molecular flexibility index (Phi) is 8.49.